The first-order chi connectivity index (χ1) is 10.1. The Morgan fingerprint density at radius 3 is 1.86 bits per heavy atom. The van der Waals surface area contributed by atoms with Crippen LogP contribution in [0.25, 0.3) is 0 Å². The molecule has 0 spiro atoms. The van der Waals surface area contributed by atoms with E-state index in [9.17, 15) is 19.2 Å². The number of amides is 1. The molecular weight excluding hydrogens is 302 g/mol. The van der Waals surface area contributed by atoms with Crippen LogP contribution in [0.1, 0.15) is 25.7 Å². The molecule has 0 aromatic carbocycles. The smallest absolute Gasteiger partial charge is 0.336 e. The second-order valence-corrected chi connectivity index (χ2v) is 4.69. The molecule has 1 fully saturated rings. The van der Waals surface area contributed by atoms with Gasteiger partial charge in [-0.2, -0.15) is 0 Å². The van der Waals surface area contributed by atoms with Crippen molar-refractivity contribution < 1.29 is 44.7 Å². The van der Waals surface area contributed by atoms with E-state index in [0.717, 1.165) is 13.0 Å². The lowest BCUT2D eigenvalue weighted by Gasteiger charge is -2.18. The lowest BCUT2D eigenvalue weighted by atomic mass is 9.96. The second kappa shape index (κ2) is 8.95. The molecule has 126 valence electrons. The first-order valence-electron chi connectivity index (χ1n) is 6.40. The average molecular weight is 321 g/mol. The maximum atomic E-state index is 10.8. The minimum atomic E-state index is -2.74. The molecule has 0 atom stereocenters. The van der Waals surface area contributed by atoms with Crippen LogP contribution in [-0.2, 0) is 19.2 Å². The summed E-state index contributed by atoms with van der Waals surface area (Å²) in [5.41, 5.74) is -2.74. The number of carboxylic acid groups (broad SMARTS) is 3. The third-order valence-electron chi connectivity index (χ3n) is 2.83. The van der Waals surface area contributed by atoms with Crippen molar-refractivity contribution in [1.29, 1.82) is 0 Å². The molecule has 1 amide bonds. The molecule has 5 N–H and O–H groups in total. The number of nitrogens with zero attached hydrogens (tertiary/aromatic N) is 1. The Kier molecular flexibility index (Phi) is 8.05. The highest BCUT2D eigenvalue weighted by Gasteiger charge is 2.40. The van der Waals surface area contributed by atoms with Crippen molar-refractivity contribution in [3.05, 3.63) is 0 Å². The van der Waals surface area contributed by atoms with Gasteiger partial charge in [-0.15, -0.1) is 0 Å². The quantitative estimate of drug-likeness (QED) is 0.368. The topological polar surface area (TPSA) is 173 Å². The monoisotopic (exact) mass is 321 g/mol. The van der Waals surface area contributed by atoms with Gasteiger partial charge < -0.3 is 30.4 Å². The number of hydrogen-bond donors (Lipinski definition) is 5. The largest absolute Gasteiger partial charge is 0.481 e. The van der Waals surface area contributed by atoms with Gasteiger partial charge in [0.15, 0.2) is 5.60 Å². The van der Waals surface area contributed by atoms with Gasteiger partial charge in [0.1, 0.15) is 0 Å². The number of aliphatic hydroxyl groups is 2. The number of carbonyl (C=O) groups is 4. The van der Waals surface area contributed by atoms with E-state index in [4.69, 9.17) is 25.5 Å². The molecule has 0 saturated carbocycles. The minimum Gasteiger partial charge on any atom is -0.481 e. The minimum absolute atomic E-state index is 0.0890. The summed E-state index contributed by atoms with van der Waals surface area (Å²) in [7, 11) is 0. The zero-order valence-corrected chi connectivity index (χ0v) is 11.8. The van der Waals surface area contributed by atoms with Crippen LogP contribution in [0.15, 0.2) is 0 Å². The Balaban J connectivity index is 0.000000425. The van der Waals surface area contributed by atoms with Crippen LogP contribution in [0.3, 0.4) is 0 Å². The molecule has 10 nitrogen and oxygen atoms in total. The number of carboxylic acids is 3. The summed E-state index contributed by atoms with van der Waals surface area (Å²) in [6.45, 7) is 1.43. The molecule has 1 rings (SSSR count). The first-order valence-corrected chi connectivity index (χ1v) is 6.40. The second-order valence-electron chi connectivity index (χ2n) is 4.69. The van der Waals surface area contributed by atoms with Gasteiger partial charge in [0, 0.05) is 19.5 Å². The average Bonchev–Trinajstić information content (AvgIpc) is 2.74. The number of rotatable bonds is 7. The predicted octanol–water partition coefficient (Wildman–Crippen LogP) is -1.65. The number of likely N-dealkylation sites (tertiary alicyclic amines) is 1. The van der Waals surface area contributed by atoms with Crippen LogP contribution in [-0.4, -0.2) is 79.5 Å². The Bertz CT molecular complexity index is 418. The number of aliphatic carboxylic acids is 3. The van der Waals surface area contributed by atoms with Crippen LogP contribution in [0, 0.1) is 0 Å². The van der Waals surface area contributed by atoms with Gasteiger partial charge in [0.2, 0.25) is 5.91 Å². The maximum Gasteiger partial charge on any atom is 0.336 e. The molecule has 0 aliphatic carbocycles. The van der Waals surface area contributed by atoms with Gasteiger partial charge in [0.05, 0.1) is 19.4 Å². The Morgan fingerprint density at radius 2 is 1.59 bits per heavy atom. The lowest BCUT2D eigenvalue weighted by molar-refractivity contribution is -0.170. The van der Waals surface area contributed by atoms with E-state index in [1.165, 1.54) is 0 Å². The molecule has 0 bridgehead atoms. The summed E-state index contributed by atoms with van der Waals surface area (Å²) in [5, 5.41) is 42.3. The van der Waals surface area contributed by atoms with Gasteiger partial charge in [-0.1, -0.05) is 0 Å². The molecular formula is C12H19NO9. The fourth-order valence-corrected chi connectivity index (χ4v) is 1.78. The molecule has 1 aliphatic heterocycles. The zero-order valence-electron chi connectivity index (χ0n) is 11.8. The van der Waals surface area contributed by atoms with Crippen molar-refractivity contribution in [3.8, 4) is 0 Å². The fraction of sp³-hybridized carbons (Fsp3) is 0.667. The molecule has 0 unspecified atom stereocenters. The molecule has 1 heterocycles. The van der Waals surface area contributed by atoms with Crippen molar-refractivity contribution in [3.63, 3.8) is 0 Å². The molecule has 0 aromatic rings. The summed E-state index contributed by atoms with van der Waals surface area (Å²) < 4.78 is 0. The van der Waals surface area contributed by atoms with Crippen molar-refractivity contribution >= 4 is 23.8 Å². The van der Waals surface area contributed by atoms with Crippen molar-refractivity contribution in [2.75, 3.05) is 19.7 Å². The van der Waals surface area contributed by atoms with Crippen molar-refractivity contribution in [2.24, 2.45) is 0 Å². The summed E-state index contributed by atoms with van der Waals surface area (Å²) in [5.74, 6) is -4.83. The Hall–Kier alpha value is -2.20. The summed E-state index contributed by atoms with van der Waals surface area (Å²) in [6, 6.07) is 0. The van der Waals surface area contributed by atoms with Gasteiger partial charge >= 0.3 is 17.9 Å². The first kappa shape index (κ1) is 19.8. The lowest BCUT2D eigenvalue weighted by Crippen LogP contribution is -2.42. The summed E-state index contributed by atoms with van der Waals surface area (Å²) in [6.07, 6.45) is -0.665. The highest BCUT2D eigenvalue weighted by molar-refractivity contribution is 5.88. The Morgan fingerprint density at radius 1 is 1.09 bits per heavy atom. The van der Waals surface area contributed by atoms with E-state index in [-0.39, 0.29) is 12.5 Å². The number of carbonyl (C=O) groups excluding carboxylic acids is 1. The number of β-amino-alcohol motifs (C(OH)–C–C–N with tert-alkyl or cyclic N) is 1. The third-order valence-corrected chi connectivity index (χ3v) is 2.83. The summed E-state index contributed by atoms with van der Waals surface area (Å²) >= 11 is 0. The van der Waals surface area contributed by atoms with E-state index in [1.807, 2.05) is 0 Å². The molecule has 1 saturated heterocycles. The number of hydrogen-bond acceptors (Lipinski definition) is 6. The van der Waals surface area contributed by atoms with Crippen LogP contribution in [0.4, 0.5) is 0 Å². The SMILES string of the molecule is O=C(O)CC(O)(CC(=O)O)C(=O)O.O=C1CCCN1CCO. The van der Waals surface area contributed by atoms with E-state index in [2.05, 4.69) is 0 Å². The fourth-order valence-electron chi connectivity index (χ4n) is 1.78. The van der Waals surface area contributed by atoms with Crippen LogP contribution >= 0.6 is 0 Å². The standard InChI is InChI=1S/C6H11NO2.C6H8O7/c8-5-4-7-3-1-2-6(7)9;7-3(8)1-6(13,5(11)12)2-4(9)10/h8H,1-5H2;13H,1-2H2,(H,7,8)(H,9,10)(H,11,12). The van der Waals surface area contributed by atoms with Gasteiger partial charge in [0.25, 0.3) is 0 Å². The van der Waals surface area contributed by atoms with Crippen LogP contribution in [0.5, 0.6) is 0 Å². The van der Waals surface area contributed by atoms with Crippen molar-refractivity contribution in [1.82, 2.24) is 4.90 Å². The van der Waals surface area contributed by atoms with Crippen LogP contribution < -0.4 is 0 Å². The van der Waals surface area contributed by atoms with Crippen LogP contribution in [0.2, 0.25) is 0 Å². The van der Waals surface area contributed by atoms with Gasteiger partial charge in [-0.3, -0.25) is 14.4 Å². The highest BCUT2D eigenvalue weighted by Crippen LogP contribution is 2.15. The Labute approximate surface area is 125 Å². The van der Waals surface area contributed by atoms with Gasteiger partial charge in [-0.05, 0) is 6.42 Å². The van der Waals surface area contributed by atoms with Gasteiger partial charge in [-0.25, -0.2) is 4.79 Å². The maximum absolute atomic E-state index is 10.8. The highest BCUT2D eigenvalue weighted by atomic mass is 16.4. The predicted molar refractivity (Wildman–Crippen MR) is 70.0 cm³/mol. The molecule has 1 aliphatic rings. The van der Waals surface area contributed by atoms with E-state index in [0.29, 0.717) is 13.0 Å². The molecule has 10 heteroatoms. The zero-order chi connectivity index (χ0) is 17.3. The molecule has 0 radical (unpaired) electrons. The number of aliphatic hydroxyl groups excluding tert-OH is 1. The van der Waals surface area contributed by atoms with E-state index < -0.39 is 36.4 Å². The van der Waals surface area contributed by atoms with E-state index in [1.54, 1.807) is 4.90 Å². The van der Waals surface area contributed by atoms with Crippen molar-refractivity contribution in [2.45, 2.75) is 31.3 Å². The van der Waals surface area contributed by atoms with E-state index >= 15 is 0 Å². The summed E-state index contributed by atoms with van der Waals surface area (Å²) in [4.78, 5) is 43.0. The third kappa shape index (κ3) is 6.99. The molecule has 0 aromatic heterocycles. The normalized spacial score (nSPS) is 14.3. The molecule has 22 heavy (non-hydrogen) atoms.